The molecule has 0 aromatic carbocycles. The Morgan fingerprint density at radius 1 is 1.53 bits per heavy atom. The third-order valence-electron chi connectivity index (χ3n) is 2.67. The van der Waals surface area contributed by atoms with Gasteiger partial charge in [0.1, 0.15) is 4.88 Å². The highest BCUT2D eigenvalue weighted by atomic mass is 32.2. The summed E-state index contributed by atoms with van der Waals surface area (Å²) in [6.45, 7) is 0.526. The topological polar surface area (TPSA) is 83.5 Å². The van der Waals surface area contributed by atoms with Gasteiger partial charge in [-0.1, -0.05) is 0 Å². The van der Waals surface area contributed by atoms with Crippen LogP contribution in [0.4, 0.5) is 0 Å². The summed E-state index contributed by atoms with van der Waals surface area (Å²) >= 11 is 1.21. The molecule has 7 heteroatoms. The molecule has 2 rings (SSSR count). The average Bonchev–Trinajstić information content (AvgIpc) is 2.81. The summed E-state index contributed by atoms with van der Waals surface area (Å²) < 4.78 is 22.5. The van der Waals surface area contributed by atoms with Crippen LogP contribution in [0.5, 0.6) is 0 Å². The van der Waals surface area contributed by atoms with Crippen LogP contribution in [-0.4, -0.2) is 37.0 Å². The number of sulfone groups is 1. The van der Waals surface area contributed by atoms with Gasteiger partial charge in [-0.25, -0.2) is 13.2 Å². The van der Waals surface area contributed by atoms with E-state index in [4.69, 9.17) is 5.11 Å². The molecule has 1 aliphatic heterocycles. The van der Waals surface area contributed by atoms with Crippen LogP contribution in [0.25, 0.3) is 0 Å². The van der Waals surface area contributed by atoms with Gasteiger partial charge in [-0.2, -0.15) is 0 Å². The summed E-state index contributed by atoms with van der Waals surface area (Å²) in [7, 11) is -2.86. The summed E-state index contributed by atoms with van der Waals surface area (Å²) in [5, 5.41) is 11.9. The van der Waals surface area contributed by atoms with E-state index in [-0.39, 0.29) is 17.5 Å². The number of carbonyl (C=O) groups is 1. The molecule has 0 spiro atoms. The number of nitrogens with one attached hydrogen (secondary N) is 1. The number of hydrogen-bond acceptors (Lipinski definition) is 5. The van der Waals surface area contributed by atoms with Crippen LogP contribution in [0.2, 0.25) is 0 Å². The van der Waals surface area contributed by atoms with Crippen molar-refractivity contribution in [2.75, 3.05) is 11.5 Å². The molecule has 1 aromatic rings. The Morgan fingerprint density at radius 3 is 2.82 bits per heavy atom. The SMILES string of the molecule is O=C(O)c1ccc(CNC2CCS(=O)(=O)C2)s1. The lowest BCUT2D eigenvalue weighted by Crippen LogP contribution is -2.29. The predicted molar refractivity (Wildman–Crippen MR) is 65.2 cm³/mol. The third kappa shape index (κ3) is 3.27. The van der Waals surface area contributed by atoms with Gasteiger partial charge in [-0.15, -0.1) is 11.3 Å². The molecule has 17 heavy (non-hydrogen) atoms. The Labute approximate surface area is 103 Å². The standard InChI is InChI=1S/C10H13NO4S2/c12-10(13)9-2-1-8(16-9)5-11-7-3-4-17(14,15)6-7/h1-2,7,11H,3-6H2,(H,12,13). The zero-order chi connectivity index (χ0) is 12.5. The Hall–Kier alpha value is -0.920. The van der Waals surface area contributed by atoms with Gasteiger partial charge in [0.25, 0.3) is 0 Å². The maximum absolute atomic E-state index is 11.2. The fourth-order valence-corrected chi connectivity index (χ4v) is 4.29. The second-order valence-electron chi connectivity index (χ2n) is 4.05. The van der Waals surface area contributed by atoms with Crippen LogP contribution in [0.1, 0.15) is 21.0 Å². The molecular weight excluding hydrogens is 262 g/mol. The Bertz CT molecular complexity index is 520. The number of rotatable bonds is 4. The summed E-state index contributed by atoms with van der Waals surface area (Å²) in [5.74, 6) is -0.496. The van der Waals surface area contributed by atoms with E-state index in [1.54, 1.807) is 12.1 Å². The lowest BCUT2D eigenvalue weighted by Gasteiger charge is -2.08. The van der Waals surface area contributed by atoms with Crippen LogP contribution in [-0.2, 0) is 16.4 Å². The van der Waals surface area contributed by atoms with E-state index in [0.29, 0.717) is 17.8 Å². The minimum atomic E-state index is -2.86. The zero-order valence-corrected chi connectivity index (χ0v) is 10.7. The molecule has 2 N–H and O–H groups in total. The summed E-state index contributed by atoms with van der Waals surface area (Å²) in [5.41, 5.74) is 0. The van der Waals surface area contributed by atoms with Gasteiger partial charge in [-0.05, 0) is 18.6 Å². The quantitative estimate of drug-likeness (QED) is 0.846. The maximum atomic E-state index is 11.2. The molecule has 1 fully saturated rings. The molecule has 0 amide bonds. The van der Waals surface area contributed by atoms with Crippen molar-refractivity contribution < 1.29 is 18.3 Å². The van der Waals surface area contributed by atoms with E-state index in [9.17, 15) is 13.2 Å². The van der Waals surface area contributed by atoms with Crippen LogP contribution >= 0.6 is 11.3 Å². The average molecular weight is 275 g/mol. The van der Waals surface area contributed by atoms with Crippen LogP contribution in [0.15, 0.2) is 12.1 Å². The number of carboxylic acid groups (broad SMARTS) is 1. The monoisotopic (exact) mass is 275 g/mol. The number of aromatic carboxylic acids is 1. The second-order valence-corrected chi connectivity index (χ2v) is 7.45. The van der Waals surface area contributed by atoms with Crippen molar-refractivity contribution in [2.45, 2.75) is 19.0 Å². The van der Waals surface area contributed by atoms with E-state index in [0.717, 1.165) is 4.88 Å². The smallest absolute Gasteiger partial charge is 0.345 e. The fraction of sp³-hybridized carbons (Fsp3) is 0.500. The molecule has 94 valence electrons. The van der Waals surface area contributed by atoms with Crippen molar-refractivity contribution in [1.82, 2.24) is 5.32 Å². The van der Waals surface area contributed by atoms with Crippen LogP contribution < -0.4 is 5.32 Å². The molecule has 0 saturated carbocycles. The highest BCUT2D eigenvalue weighted by Gasteiger charge is 2.27. The van der Waals surface area contributed by atoms with E-state index >= 15 is 0 Å². The summed E-state index contributed by atoms with van der Waals surface area (Å²) in [6, 6.07) is 3.32. The number of thiophene rings is 1. The highest BCUT2D eigenvalue weighted by Crippen LogP contribution is 2.17. The molecule has 1 aliphatic rings. The van der Waals surface area contributed by atoms with Crippen molar-refractivity contribution in [3.8, 4) is 0 Å². The first kappa shape index (κ1) is 12.5. The van der Waals surface area contributed by atoms with Gasteiger partial charge < -0.3 is 10.4 Å². The molecule has 0 bridgehead atoms. The normalized spacial score (nSPS) is 22.7. The molecule has 0 aliphatic carbocycles. The van der Waals surface area contributed by atoms with Gasteiger partial charge in [0.15, 0.2) is 9.84 Å². The molecule has 1 saturated heterocycles. The molecule has 2 heterocycles. The first-order valence-corrected chi connectivity index (χ1v) is 7.86. The van der Waals surface area contributed by atoms with Crippen LogP contribution in [0.3, 0.4) is 0 Å². The fourth-order valence-electron chi connectivity index (χ4n) is 1.79. The van der Waals surface area contributed by atoms with Crippen molar-refractivity contribution >= 4 is 27.1 Å². The largest absolute Gasteiger partial charge is 0.477 e. The first-order chi connectivity index (χ1) is 7.96. The molecular formula is C10H13NO4S2. The van der Waals surface area contributed by atoms with E-state index in [1.165, 1.54) is 11.3 Å². The van der Waals surface area contributed by atoms with Crippen molar-refractivity contribution in [1.29, 1.82) is 0 Å². The second kappa shape index (κ2) is 4.75. The molecule has 1 aromatic heterocycles. The lowest BCUT2D eigenvalue weighted by molar-refractivity contribution is 0.0702. The molecule has 1 unspecified atom stereocenters. The van der Waals surface area contributed by atoms with Gasteiger partial charge in [0.2, 0.25) is 0 Å². The predicted octanol–water partition coefficient (Wildman–Crippen LogP) is 0.723. The summed E-state index contributed by atoms with van der Waals surface area (Å²) in [6.07, 6.45) is 0.638. The van der Waals surface area contributed by atoms with Crippen molar-refractivity contribution in [2.24, 2.45) is 0 Å². The first-order valence-electron chi connectivity index (χ1n) is 5.22. The molecule has 1 atom stereocenters. The van der Waals surface area contributed by atoms with E-state index in [2.05, 4.69) is 5.32 Å². The Balaban J connectivity index is 1.88. The van der Waals surface area contributed by atoms with Crippen molar-refractivity contribution in [3.05, 3.63) is 21.9 Å². The highest BCUT2D eigenvalue weighted by molar-refractivity contribution is 7.91. The minimum absolute atomic E-state index is 0.00428. The van der Waals surface area contributed by atoms with Crippen LogP contribution in [0, 0.1) is 0 Å². The van der Waals surface area contributed by atoms with Gasteiger partial charge >= 0.3 is 5.97 Å². The zero-order valence-electron chi connectivity index (χ0n) is 9.05. The Morgan fingerprint density at radius 2 is 2.29 bits per heavy atom. The maximum Gasteiger partial charge on any atom is 0.345 e. The van der Waals surface area contributed by atoms with Gasteiger partial charge in [0, 0.05) is 17.5 Å². The van der Waals surface area contributed by atoms with E-state index < -0.39 is 15.8 Å². The lowest BCUT2D eigenvalue weighted by atomic mass is 10.2. The molecule has 5 nitrogen and oxygen atoms in total. The Kier molecular flexibility index (Phi) is 3.50. The number of carboxylic acids is 1. The third-order valence-corrected chi connectivity index (χ3v) is 5.51. The van der Waals surface area contributed by atoms with Gasteiger partial charge in [0.05, 0.1) is 11.5 Å². The summed E-state index contributed by atoms with van der Waals surface area (Å²) in [4.78, 5) is 11.9. The number of hydrogen-bond donors (Lipinski definition) is 2. The minimum Gasteiger partial charge on any atom is -0.477 e. The van der Waals surface area contributed by atoms with Gasteiger partial charge in [-0.3, -0.25) is 0 Å². The van der Waals surface area contributed by atoms with Crippen molar-refractivity contribution in [3.63, 3.8) is 0 Å². The molecule has 0 radical (unpaired) electrons. The van der Waals surface area contributed by atoms with E-state index in [1.807, 2.05) is 0 Å².